The van der Waals surface area contributed by atoms with E-state index in [9.17, 15) is 25.2 Å². The molecule has 416 valence electrons. The van der Waals surface area contributed by atoms with E-state index in [0.717, 1.165) is 27.2 Å². The van der Waals surface area contributed by atoms with Gasteiger partial charge in [0.15, 0.2) is 18.8 Å². The van der Waals surface area contributed by atoms with Gasteiger partial charge in [-0.15, -0.1) is 0 Å². The predicted molar refractivity (Wildman–Crippen MR) is 286 cm³/mol. The second-order valence-electron chi connectivity index (χ2n) is 19.6. The van der Waals surface area contributed by atoms with E-state index >= 15 is 0 Å². The van der Waals surface area contributed by atoms with Crippen molar-refractivity contribution in [1.29, 1.82) is 0 Å². The summed E-state index contributed by atoms with van der Waals surface area (Å²) in [6.07, 6.45) is -10.2. The van der Waals surface area contributed by atoms with E-state index < -0.39 is 84.0 Å². The third kappa shape index (κ3) is 13.4. The molecule has 0 N–H and O–H groups in total. The largest absolute Gasteiger partial charge is 0.497 e. The van der Waals surface area contributed by atoms with Gasteiger partial charge in [0, 0.05) is 41.0 Å². The summed E-state index contributed by atoms with van der Waals surface area (Å²) in [6.45, 7) is -0.168. The summed E-state index contributed by atoms with van der Waals surface area (Å²) >= 11 is 0. The van der Waals surface area contributed by atoms with Crippen molar-refractivity contribution in [2.75, 3.05) is 33.5 Å². The molecule has 80 heavy (non-hydrogen) atoms. The average Bonchev–Trinajstić information content (AvgIpc) is 4.04. The Morgan fingerprint density at radius 1 is 0.738 bits per heavy atom. The predicted octanol–water partition coefficient (Wildman–Crippen LogP) is 9.41. The molecule has 20 heteroatoms. The molecule has 4 aliphatic heterocycles. The smallest absolute Gasteiger partial charge is 0.269 e. The Kier molecular flexibility index (Phi) is 18.6. The fourth-order valence-electron chi connectivity index (χ4n) is 10.3. The summed E-state index contributed by atoms with van der Waals surface area (Å²) in [5, 5.41) is 15.8. The second kappa shape index (κ2) is 26.7. The standard InChI is InChI=1S/C60H61N5O15/c1-70-47-28-24-44(25-29-47)57(64-50(66)30-31-51(64)67)78-56-54(74-36-43-18-10-4-11-19-43)49(37-71-34-41-14-6-2-7-15-41)79-60(56,39-72-35-42-16-8-3-9-17-42)80-55-52(62-63-61)59(73-33-32-40-22-26-46(27-23-40)65(68)69)76-48-38-75-58(77-53(48)55)45-20-12-5-13-21-45/h2-29,48-49,52-59H,30-39H2,1H3/t48-,49-,52+,53-,54-,55-,56+,57?,58-,59-,60+/m1/s1. The van der Waals surface area contributed by atoms with E-state index in [-0.39, 0.29) is 64.8 Å². The minimum atomic E-state index is -2.10. The number of hydrogen-bond donors (Lipinski definition) is 0. The number of azide groups is 1. The van der Waals surface area contributed by atoms with Crippen LogP contribution in [-0.4, -0.2) is 110 Å². The summed E-state index contributed by atoms with van der Waals surface area (Å²) in [7, 11) is 1.53. The Morgan fingerprint density at radius 3 is 1.96 bits per heavy atom. The number of nitro groups is 1. The lowest BCUT2D eigenvalue weighted by Gasteiger charge is -2.50. The highest BCUT2D eigenvalue weighted by molar-refractivity contribution is 6.02. The van der Waals surface area contributed by atoms with E-state index in [2.05, 4.69) is 10.0 Å². The molecule has 2 amide bonds. The normalized spacial score (nSPS) is 25.9. The Bertz CT molecular complexity index is 3000. The molecule has 10 rings (SSSR count). The molecule has 6 aromatic carbocycles. The van der Waals surface area contributed by atoms with E-state index in [1.807, 2.05) is 121 Å². The lowest BCUT2D eigenvalue weighted by atomic mass is 9.94. The molecule has 4 heterocycles. The van der Waals surface area contributed by atoms with Crippen molar-refractivity contribution >= 4 is 17.5 Å². The van der Waals surface area contributed by atoms with E-state index in [0.29, 0.717) is 23.3 Å². The first-order valence-corrected chi connectivity index (χ1v) is 26.4. The molecular formula is C60H61N5O15. The van der Waals surface area contributed by atoms with Crippen molar-refractivity contribution in [1.82, 2.24) is 4.90 Å². The Labute approximate surface area is 462 Å². The Morgan fingerprint density at radius 2 is 1.35 bits per heavy atom. The summed E-state index contributed by atoms with van der Waals surface area (Å²) in [4.78, 5) is 43.5. The molecule has 0 aromatic heterocycles. The van der Waals surface area contributed by atoms with Crippen LogP contribution in [0.3, 0.4) is 0 Å². The van der Waals surface area contributed by atoms with Gasteiger partial charge < -0.3 is 52.1 Å². The van der Waals surface area contributed by atoms with Crippen LogP contribution in [0.15, 0.2) is 175 Å². The van der Waals surface area contributed by atoms with Gasteiger partial charge in [-0.05, 0) is 46.3 Å². The highest BCUT2D eigenvalue weighted by Crippen LogP contribution is 2.46. The molecule has 0 saturated carbocycles. The number of non-ortho nitro benzene ring substituents is 1. The molecule has 4 fully saturated rings. The summed E-state index contributed by atoms with van der Waals surface area (Å²) in [5.41, 5.74) is 14.8. The van der Waals surface area contributed by atoms with Gasteiger partial charge in [0.2, 0.25) is 17.6 Å². The third-order valence-corrected chi connectivity index (χ3v) is 14.3. The van der Waals surface area contributed by atoms with Crippen LogP contribution in [0.4, 0.5) is 5.69 Å². The zero-order valence-electron chi connectivity index (χ0n) is 43.9. The number of carbonyl (C=O) groups is 2. The van der Waals surface area contributed by atoms with Crippen LogP contribution in [0.5, 0.6) is 5.75 Å². The van der Waals surface area contributed by atoms with Gasteiger partial charge in [0.05, 0.1) is 51.7 Å². The molecule has 4 aliphatic rings. The SMILES string of the molecule is COc1ccc(C(O[C@H]2[C@H](OCc3ccccc3)[C@@H](COCc3ccccc3)O[C@@]2(COCc2ccccc2)O[C@@H]2[C@H](N=[N+]=[N-])[C@H](OCCc3ccc([N+](=O)[O-])cc3)O[C@@H]3CO[C@@H](c4ccccc4)O[C@@H]23)N2C(=O)CCC2=O)cc1. The van der Waals surface area contributed by atoms with Crippen LogP contribution in [-0.2, 0) is 83.2 Å². The van der Waals surface area contributed by atoms with Crippen molar-refractivity contribution in [3.63, 3.8) is 0 Å². The molecule has 4 saturated heterocycles. The number of methoxy groups -OCH3 is 1. The van der Waals surface area contributed by atoms with Crippen molar-refractivity contribution < 1.29 is 66.6 Å². The van der Waals surface area contributed by atoms with Gasteiger partial charge >= 0.3 is 0 Å². The lowest BCUT2D eigenvalue weighted by Crippen LogP contribution is -2.66. The molecule has 0 spiro atoms. The molecule has 0 aliphatic carbocycles. The zero-order valence-corrected chi connectivity index (χ0v) is 43.9. The fourth-order valence-corrected chi connectivity index (χ4v) is 10.3. The van der Waals surface area contributed by atoms with Crippen LogP contribution in [0.1, 0.15) is 58.7 Å². The average molecular weight is 1090 g/mol. The number of amides is 2. The molecule has 20 nitrogen and oxygen atoms in total. The van der Waals surface area contributed by atoms with Crippen LogP contribution in [0, 0.1) is 10.1 Å². The highest BCUT2D eigenvalue weighted by Gasteiger charge is 2.63. The highest BCUT2D eigenvalue weighted by atomic mass is 16.8. The van der Waals surface area contributed by atoms with Crippen molar-refractivity contribution in [2.45, 2.75) is 106 Å². The van der Waals surface area contributed by atoms with Gasteiger partial charge in [0.1, 0.15) is 55.0 Å². The van der Waals surface area contributed by atoms with E-state index in [1.54, 1.807) is 36.4 Å². The van der Waals surface area contributed by atoms with Crippen molar-refractivity contribution in [2.24, 2.45) is 5.11 Å². The molecule has 0 radical (unpaired) electrons. The maximum absolute atomic E-state index is 14.0. The number of nitro benzene ring substituents is 1. The first kappa shape index (κ1) is 55.9. The number of hydrogen-bond acceptors (Lipinski definition) is 16. The number of benzene rings is 6. The van der Waals surface area contributed by atoms with Gasteiger partial charge in [-0.3, -0.25) is 24.6 Å². The lowest BCUT2D eigenvalue weighted by molar-refractivity contribution is -0.385. The van der Waals surface area contributed by atoms with Crippen LogP contribution >= 0.6 is 0 Å². The fraction of sp³-hybridized carbons (Fsp3) is 0.367. The third-order valence-electron chi connectivity index (χ3n) is 14.3. The number of carbonyl (C=O) groups excluding carboxylic acids is 2. The quantitative estimate of drug-likeness (QED) is 0.0130. The second-order valence-corrected chi connectivity index (χ2v) is 19.6. The monoisotopic (exact) mass is 1090 g/mol. The van der Waals surface area contributed by atoms with E-state index in [4.69, 9.17) is 52.1 Å². The maximum atomic E-state index is 14.0. The molecular weight excluding hydrogens is 1030 g/mol. The Balaban J connectivity index is 1.10. The zero-order chi connectivity index (χ0) is 55.3. The van der Waals surface area contributed by atoms with Crippen LogP contribution in [0.25, 0.3) is 10.4 Å². The molecule has 1 unspecified atom stereocenters. The van der Waals surface area contributed by atoms with E-state index in [1.165, 1.54) is 19.2 Å². The first-order valence-electron chi connectivity index (χ1n) is 26.4. The number of rotatable bonds is 25. The van der Waals surface area contributed by atoms with Crippen LogP contribution < -0.4 is 4.74 Å². The van der Waals surface area contributed by atoms with Crippen molar-refractivity contribution in [3.05, 3.63) is 224 Å². The number of imide groups is 1. The van der Waals surface area contributed by atoms with Crippen LogP contribution in [0.2, 0.25) is 0 Å². The Hall–Kier alpha value is -7.43. The summed E-state index contributed by atoms with van der Waals surface area (Å²) < 4.78 is 74.5. The van der Waals surface area contributed by atoms with Gasteiger partial charge in [-0.2, -0.15) is 0 Å². The van der Waals surface area contributed by atoms with Gasteiger partial charge in [0.25, 0.3) is 5.69 Å². The minimum Gasteiger partial charge on any atom is -0.497 e. The number of ether oxygens (including phenoxy) is 11. The van der Waals surface area contributed by atoms with Gasteiger partial charge in [-0.1, -0.05) is 151 Å². The van der Waals surface area contributed by atoms with Crippen molar-refractivity contribution in [3.8, 4) is 5.75 Å². The topological polar surface area (TPSA) is 231 Å². The van der Waals surface area contributed by atoms with Gasteiger partial charge in [-0.25, -0.2) is 0 Å². The summed E-state index contributed by atoms with van der Waals surface area (Å²) in [5.74, 6) is -2.50. The number of fused-ring (bicyclic) bond motifs is 1. The molecule has 6 aromatic rings. The molecule has 0 bridgehead atoms. The summed E-state index contributed by atoms with van der Waals surface area (Å²) in [6, 6.07) is 49.6. The molecule has 11 atom stereocenters. The maximum Gasteiger partial charge on any atom is 0.269 e. The number of likely N-dealkylation sites (tertiary alicyclic amines) is 1. The number of nitrogens with zero attached hydrogens (tertiary/aromatic N) is 5. The first-order chi connectivity index (χ1) is 39.2. The minimum absolute atomic E-state index is 0.0175.